The van der Waals surface area contributed by atoms with E-state index in [0.29, 0.717) is 56.6 Å². The summed E-state index contributed by atoms with van der Waals surface area (Å²) in [5.74, 6) is -0.177. The summed E-state index contributed by atoms with van der Waals surface area (Å²) in [4.78, 5) is 24.1. The molecule has 2 heterocycles. The van der Waals surface area contributed by atoms with E-state index in [4.69, 9.17) is 4.74 Å². The Balaban J connectivity index is 1.39. The molecule has 2 fully saturated rings. The Kier molecular flexibility index (Phi) is 9.28. The Morgan fingerprint density at radius 3 is 2.84 bits per heavy atom. The molecule has 200 valence electrons. The van der Waals surface area contributed by atoms with E-state index in [9.17, 15) is 18.2 Å². The molecule has 0 spiro atoms. The van der Waals surface area contributed by atoms with Gasteiger partial charge in [-0.25, -0.2) is 12.9 Å². The van der Waals surface area contributed by atoms with Crippen molar-refractivity contribution < 1.29 is 22.9 Å². The van der Waals surface area contributed by atoms with Gasteiger partial charge in [-0.15, -0.1) is 0 Å². The number of halogens is 1. The first-order chi connectivity index (χ1) is 17.7. The molecule has 2 aliphatic heterocycles. The van der Waals surface area contributed by atoms with Gasteiger partial charge in [-0.3, -0.25) is 9.59 Å². The van der Waals surface area contributed by atoms with Crippen LogP contribution < -0.4 is 20.7 Å². The Labute approximate surface area is 219 Å². The van der Waals surface area contributed by atoms with E-state index in [2.05, 4.69) is 16.0 Å². The number of nitrogens with one attached hydrogen (secondary N) is 3. The van der Waals surface area contributed by atoms with Crippen molar-refractivity contribution in [2.24, 2.45) is 0 Å². The first kappa shape index (κ1) is 27.2. The summed E-state index contributed by atoms with van der Waals surface area (Å²) in [5, 5.41) is 9.31. The molecule has 2 aliphatic rings. The van der Waals surface area contributed by atoms with E-state index in [-0.39, 0.29) is 36.5 Å². The molecule has 2 saturated heterocycles. The lowest BCUT2D eigenvalue weighted by molar-refractivity contribution is -0.120. The SMILES string of the molecule is CC(=O)N[C@@H](Cc1cc(F)cc(OC[C@H]2CCC(=O)N2)c1)C[C@H]1CN(S(=O)c2cccc(C)c2)CCN1. The Morgan fingerprint density at radius 2 is 2.11 bits per heavy atom. The highest BCUT2D eigenvalue weighted by Gasteiger charge is 2.27. The van der Waals surface area contributed by atoms with Crippen LogP contribution in [0.2, 0.25) is 0 Å². The highest BCUT2D eigenvalue weighted by Crippen LogP contribution is 2.21. The average molecular weight is 531 g/mol. The van der Waals surface area contributed by atoms with Gasteiger partial charge in [0, 0.05) is 51.1 Å². The number of nitrogens with zero attached hydrogens (tertiary/aromatic N) is 1. The standard InChI is InChI=1S/C27H35FN4O4S/c1-18-4-3-5-26(10-18)37(35)32-9-8-29-24(16-32)15-23(30-19(2)33)12-20-11-21(28)14-25(13-20)36-17-22-6-7-27(34)31-22/h3-5,10-11,13-14,22-24,29H,6-9,12,15-17H2,1-2H3,(H,30,33)(H,31,34)/t22-,23+,24+,37?/m1/s1. The van der Waals surface area contributed by atoms with Gasteiger partial charge < -0.3 is 20.7 Å². The van der Waals surface area contributed by atoms with Gasteiger partial charge in [0.05, 0.1) is 10.9 Å². The molecule has 2 aromatic carbocycles. The lowest BCUT2D eigenvalue weighted by Crippen LogP contribution is -2.53. The topological polar surface area (TPSA) is 99.8 Å². The van der Waals surface area contributed by atoms with E-state index in [0.717, 1.165) is 10.5 Å². The summed E-state index contributed by atoms with van der Waals surface area (Å²) in [7, 11) is -1.26. The molecule has 0 radical (unpaired) electrons. The zero-order valence-electron chi connectivity index (χ0n) is 21.3. The van der Waals surface area contributed by atoms with E-state index in [1.54, 1.807) is 6.07 Å². The molecule has 2 amide bonds. The van der Waals surface area contributed by atoms with Crippen LogP contribution in [0.3, 0.4) is 0 Å². The molecular formula is C27H35FN4O4S. The van der Waals surface area contributed by atoms with Gasteiger partial charge in [0.2, 0.25) is 11.8 Å². The Bertz CT molecular complexity index is 1150. The predicted molar refractivity (Wildman–Crippen MR) is 140 cm³/mol. The van der Waals surface area contributed by atoms with Crippen molar-refractivity contribution in [3.05, 3.63) is 59.4 Å². The highest BCUT2D eigenvalue weighted by atomic mass is 32.2. The fraction of sp³-hybridized carbons (Fsp3) is 0.481. The molecule has 0 saturated carbocycles. The molecule has 4 atom stereocenters. The van der Waals surface area contributed by atoms with Crippen LogP contribution in [0.25, 0.3) is 0 Å². The highest BCUT2D eigenvalue weighted by molar-refractivity contribution is 7.82. The second-order valence-corrected chi connectivity index (χ2v) is 11.3. The number of hydrogen-bond donors (Lipinski definition) is 3. The summed E-state index contributed by atoms with van der Waals surface area (Å²) < 4.78 is 35.3. The quantitative estimate of drug-likeness (QED) is 0.438. The van der Waals surface area contributed by atoms with Gasteiger partial charge in [-0.1, -0.05) is 12.1 Å². The smallest absolute Gasteiger partial charge is 0.220 e. The third-order valence-electron chi connectivity index (χ3n) is 6.57. The lowest BCUT2D eigenvalue weighted by Gasteiger charge is -2.34. The summed E-state index contributed by atoms with van der Waals surface area (Å²) in [6, 6.07) is 12.0. The van der Waals surface area contributed by atoms with Crippen LogP contribution in [0.1, 0.15) is 37.3 Å². The number of carbonyl (C=O) groups is 2. The monoisotopic (exact) mass is 530 g/mol. The van der Waals surface area contributed by atoms with Gasteiger partial charge >= 0.3 is 0 Å². The number of carbonyl (C=O) groups excluding carboxylic acids is 2. The molecule has 3 N–H and O–H groups in total. The first-order valence-electron chi connectivity index (χ1n) is 12.7. The van der Waals surface area contributed by atoms with E-state index < -0.39 is 16.8 Å². The molecule has 8 nitrogen and oxygen atoms in total. The van der Waals surface area contributed by atoms with Crippen LogP contribution in [-0.4, -0.2) is 64.7 Å². The lowest BCUT2D eigenvalue weighted by atomic mass is 9.98. The minimum absolute atomic E-state index is 0.00397. The van der Waals surface area contributed by atoms with Crippen molar-refractivity contribution in [2.45, 2.75) is 62.6 Å². The van der Waals surface area contributed by atoms with Crippen molar-refractivity contribution in [1.29, 1.82) is 0 Å². The normalized spacial score (nSPS) is 21.8. The molecule has 10 heteroatoms. The summed E-state index contributed by atoms with van der Waals surface area (Å²) in [6.45, 7) is 5.65. The molecule has 2 aromatic rings. The summed E-state index contributed by atoms with van der Waals surface area (Å²) >= 11 is 0. The maximum Gasteiger partial charge on any atom is 0.220 e. The van der Waals surface area contributed by atoms with Crippen LogP contribution in [0.15, 0.2) is 47.4 Å². The minimum Gasteiger partial charge on any atom is -0.491 e. The largest absolute Gasteiger partial charge is 0.491 e. The molecule has 37 heavy (non-hydrogen) atoms. The van der Waals surface area contributed by atoms with Crippen LogP contribution in [0.5, 0.6) is 5.75 Å². The minimum atomic E-state index is -1.26. The first-order valence-corrected chi connectivity index (χ1v) is 13.8. The van der Waals surface area contributed by atoms with E-state index in [1.807, 2.05) is 35.5 Å². The molecule has 4 rings (SSSR count). The fourth-order valence-electron chi connectivity index (χ4n) is 4.91. The van der Waals surface area contributed by atoms with Gasteiger partial charge in [-0.05, 0) is 61.6 Å². The number of piperazine rings is 1. The van der Waals surface area contributed by atoms with E-state index in [1.165, 1.54) is 19.1 Å². The van der Waals surface area contributed by atoms with Crippen molar-refractivity contribution in [3.63, 3.8) is 0 Å². The second kappa shape index (κ2) is 12.6. The third kappa shape index (κ3) is 8.08. The number of benzene rings is 2. The zero-order chi connectivity index (χ0) is 26.4. The van der Waals surface area contributed by atoms with Gasteiger partial charge in [0.25, 0.3) is 0 Å². The van der Waals surface area contributed by atoms with E-state index >= 15 is 0 Å². The average Bonchev–Trinajstić information content (AvgIpc) is 3.27. The molecular weight excluding hydrogens is 495 g/mol. The second-order valence-electron chi connectivity index (χ2n) is 9.85. The molecule has 1 unspecified atom stereocenters. The van der Waals surface area contributed by atoms with Crippen LogP contribution >= 0.6 is 0 Å². The van der Waals surface area contributed by atoms with Gasteiger partial charge in [0.1, 0.15) is 29.2 Å². The number of rotatable bonds is 10. The fourth-order valence-corrected chi connectivity index (χ4v) is 6.26. The molecule has 0 bridgehead atoms. The maximum absolute atomic E-state index is 14.4. The van der Waals surface area contributed by atoms with Crippen molar-refractivity contribution in [2.75, 3.05) is 26.2 Å². The van der Waals surface area contributed by atoms with Crippen molar-refractivity contribution in [1.82, 2.24) is 20.3 Å². The number of ether oxygens (including phenoxy) is 1. The number of amides is 2. The van der Waals surface area contributed by atoms with Crippen molar-refractivity contribution >= 4 is 22.8 Å². The number of hydrogen-bond acceptors (Lipinski definition) is 5. The van der Waals surface area contributed by atoms with Crippen LogP contribution in [0, 0.1) is 12.7 Å². The van der Waals surface area contributed by atoms with Crippen LogP contribution in [0.4, 0.5) is 4.39 Å². The maximum atomic E-state index is 14.4. The number of aryl methyl sites for hydroxylation is 1. The van der Waals surface area contributed by atoms with Crippen LogP contribution in [-0.2, 0) is 27.0 Å². The van der Waals surface area contributed by atoms with Gasteiger partial charge in [0.15, 0.2) is 0 Å². The van der Waals surface area contributed by atoms with Gasteiger partial charge in [-0.2, -0.15) is 0 Å². The third-order valence-corrected chi connectivity index (χ3v) is 8.03. The zero-order valence-corrected chi connectivity index (χ0v) is 22.1. The predicted octanol–water partition coefficient (Wildman–Crippen LogP) is 2.23. The Hall–Kier alpha value is -2.82. The molecule has 0 aromatic heterocycles. The summed E-state index contributed by atoms with van der Waals surface area (Å²) in [5.41, 5.74) is 1.77. The Morgan fingerprint density at radius 1 is 1.27 bits per heavy atom. The summed E-state index contributed by atoms with van der Waals surface area (Å²) in [6.07, 6.45) is 2.20. The van der Waals surface area contributed by atoms with Crippen molar-refractivity contribution in [3.8, 4) is 5.75 Å². The molecule has 0 aliphatic carbocycles.